The predicted octanol–water partition coefficient (Wildman–Crippen LogP) is 3.76. The van der Waals surface area contributed by atoms with Crippen LogP contribution in [0.5, 0.6) is 0 Å². The Morgan fingerprint density at radius 3 is 2.37 bits per heavy atom. The molecular formula is C27H37N5O2S. The van der Waals surface area contributed by atoms with Crippen molar-refractivity contribution >= 4 is 27.1 Å². The van der Waals surface area contributed by atoms with E-state index in [9.17, 15) is 8.42 Å². The third kappa shape index (κ3) is 5.94. The monoisotopic (exact) mass is 495 g/mol. The first-order valence-corrected chi connectivity index (χ1v) is 13.7. The van der Waals surface area contributed by atoms with E-state index in [0.29, 0.717) is 5.92 Å². The van der Waals surface area contributed by atoms with Crippen molar-refractivity contribution in [1.29, 1.82) is 0 Å². The zero-order valence-corrected chi connectivity index (χ0v) is 22.3. The van der Waals surface area contributed by atoms with Crippen LogP contribution >= 0.6 is 0 Å². The molecule has 1 aliphatic heterocycles. The van der Waals surface area contributed by atoms with E-state index in [2.05, 4.69) is 64.3 Å². The number of hydrogen-bond acceptors (Lipinski definition) is 5. The zero-order chi connectivity index (χ0) is 25.2. The average Bonchev–Trinajstić information content (AvgIpc) is 3.05. The van der Waals surface area contributed by atoms with Crippen molar-refractivity contribution in [2.75, 3.05) is 39.8 Å². The summed E-state index contributed by atoms with van der Waals surface area (Å²) in [5, 5.41) is 5.20. The van der Waals surface area contributed by atoms with Gasteiger partial charge in [-0.2, -0.15) is 13.5 Å². The van der Waals surface area contributed by atoms with Crippen molar-refractivity contribution in [3.63, 3.8) is 0 Å². The molecule has 1 unspecified atom stereocenters. The van der Waals surface area contributed by atoms with Crippen LogP contribution in [-0.4, -0.2) is 68.8 Å². The van der Waals surface area contributed by atoms with Crippen LogP contribution in [0.25, 0.3) is 10.9 Å². The Morgan fingerprint density at radius 1 is 1.00 bits per heavy atom. The maximum absolute atomic E-state index is 12.5. The standard InChI is InChI=1S/C27H37N5O2S/c1-20-6-9-25(10-7-20)35(33,34)29-28-17-24-8-11-27-26(16-24)22(3)23(4)32(27)19-21(2)18-31-14-12-30(5)13-15-31/h6-11,16-17,21,29H,12-15,18-19H2,1-5H3/b28-17-. The molecule has 1 aromatic heterocycles. The molecule has 4 rings (SSSR count). The highest BCUT2D eigenvalue weighted by Gasteiger charge is 2.19. The molecule has 0 saturated carbocycles. The second-order valence-corrected chi connectivity index (χ2v) is 11.6. The van der Waals surface area contributed by atoms with Crippen molar-refractivity contribution in [3.8, 4) is 0 Å². The summed E-state index contributed by atoms with van der Waals surface area (Å²) >= 11 is 0. The number of likely N-dealkylation sites (N-methyl/N-ethyl adjacent to an activating group) is 1. The van der Waals surface area contributed by atoms with Crippen LogP contribution in [0, 0.1) is 26.7 Å². The maximum atomic E-state index is 12.5. The number of aryl methyl sites for hydroxylation is 2. The summed E-state index contributed by atoms with van der Waals surface area (Å²) in [7, 11) is -1.50. The van der Waals surface area contributed by atoms with E-state index in [4.69, 9.17) is 0 Å². The van der Waals surface area contributed by atoms with Gasteiger partial charge >= 0.3 is 0 Å². The van der Waals surface area contributed by atoms with Gasteiger partial charge in [0.15, 0.2) is 0 Å². The van der Waals surface area contributed by atoms with Gasteiger partial charge in [-0.1, -0.05) is 30.7 Å². The molecule has 1 fully saturated rings. The SMILES string of the molecule is Cc1ccc(S(=O)(=O)N/N=C\c2ccc3c(c2)c(C)c(C)n3CC(C)CN2CCN(C)CC2)cc1. The lowest BCUT2D eigenvalue weighted by Crippen LogP contribution is -2.46. The molecule has 3 aromatic rings. The first-order valence-electron chi connectivity index (χ1n) is 12.3. The molecule has 1 atom stereocenters. The van der Waals surface area contributed by atoms with Gasteiger partial charge in [0, 0.05) is 55.9 Å². The third-order valence-corrected chi connectivity index (χ3v) is 8.28. The molecule has 1 saturated heterocycles. The van der Waals surface area contributed by atoms with Crippen LogP contribution in [0.3, 0.4) is 0 Å². The Bertz CT molecular complexity index is 1300. The Labute approximate surface area is 209 Å². The molecule has 0 aliphatic carbocycles. The quantitative estimate of drug-likeness (QED) is 0.382. The number of hydrazone groups is 1. The molecule has 0 radical (unpaired) electrons. The highest BCUT2D eigenvalue weighted by Crippen LogP contribution is 2.27. The van der Waals surface area contributed by atoms with Gasteiger partial charge < -0.3 is 14.4 Å². The summed E-state index contributed by atoms with van der Waals surface area (Å²) in [6.45, 7) is 15.2. The minimum atomic E-state index is -3.69. The number of aromatic nitrogens is 1. The molecule has 1 N–H and O–H groups in total. The van der Waals surface area contributed by atoms with E-state index < -0.39 is 10.0 Å². The number of nitrogens with one attached hydrogen (secondary N) is 1. The number of hydrogen-bond donors (Lipinski definition) is 1. The molecule has 2 heterocycles. The van der Waals surface area contributed by atoms with Gasteiger partial charge in [-0.15, -0.1) is 0 Å². The lowest BCUT2D eigenvalue weighted by molar-refractivity contribution is 0.135. The predicted molar refractivity (Wildman–Crippen MR) is 144 cm³/mol. The van der Waals surface area contributed by atoms with E-state index in [1.807, 2.05) is 13.0 Å². The number of nitrogens with zero attached hydrogens (tertiary/aromatic N) is 4. The third-order valence-electron chi connectivity index (χ3n) is 7.04. The highest BCUT2D eigenvalue weighted by molar-refractivity contribution is 7.89. The number of rotatable bonds is 8. The minimum Gasteiger partial charge on any atom is -0.344 e. The Morgan fingerprint density at radius 2 is 1.69 bits per heavy atom. The molecular weight excluding hydrogens is 458 g/mol. The fraction of sp³-hybridized carbons (Fsp3) is 0.444. The highest BCUT2D eigenvalue weighted by atomic mass is 32.2. The van der Waals surface area contributed by atoms with Gasteiger partial charge in [0.25, 0.3) is 10.0 Å². The van der Waals surface area contributed by atoms with Crippen molar-refractivity contribution in [2.24, 2.45) is 11.0 Å². The molecule has 0 amide bonds. The van der Waals surface area contributed by atoms with E-state index in [0.717, 1.165) is 50.4 Å². The number of fused-ring (bicyclic) bond motifs is 1. The Hall–Kier alpha value is -2.68. The van der Waals surface area contributed by atoms with Crippen LogP contribution in [0.2, 0.25) is 0 Å². The molecule has 0 spiro atoms. The lowest BCUT2D eigenvalue weighted by atomic mass is 10.1. The first-order chi connectivity index (χ1) is 16.6. The molecule has 7 nitrogen and oxygen atoms in total. The van der Waals surface area contributed by atoms with E-state index >= 15 is 0 Å². The topological polar surface area (TPSA) is 69.9 Å². The zero-order valence-electron chi connectivity index (χ0n) is 21.5. The smallest absolute Gasteiger partial charge is 0.276 e. The van der Waals surface area contributed by atoms with E-state index in [1.165, 1.54) is 22.2 Å². The Balaban J connectivity index is 1.46. The summed E-state index contributed by atoms with van der Waals surface area (Å²) in [5.41, 5.74) is 5.60. The number of benzene rings is 2. The summed E-state index contributed by atoms with van der Waals surface area (Å²) in [6.07, 6.45) is 1.56. The van der Waals surface area contributed by atoms with Gasteiger partial charge in [0.1, 0.15) is 0 Å². The van der Waals surface area contributed by atoms with Crippen molar-refractivity contribution < 1.29 is 8.42 Å². The second kappa shape index (κ2) is 10.5. The van der Waals surface area contributed by atoms with Crippen molar-refractivity contribution in [1.82, 2.24) is 19.2 Å². The summed E-state index contributed by atoms with van der Waals surface area (Å²) in [6, 6.07) is 12.9. The summed E-state index contributed by atoms with van der Waals surface area (Å²) < 4.78 is 27.4. The average molecular weight is 496 g/mol. The molecule has 1 aliphatic rings. The van der Waals surface area contributed by atoms with Crippen LogP contribution in [-0.2, 0) is 16.6 Å². The molecule has 2 aromatic carbocycles. The lowest BCUT2D eigenvalue weighted by Gasteiger charge is -2.34. The van der Waals surface area contributed by atoms with E-state index in [1.54, 1.807) is 30.5 Å². The van der Waals surface area contributed by atoms with Crippen LogP contribution in [0.15, 0.2) is 52.5 Å². The fourth-order valence-electron chi connectivity index (χ4n) is 4.76. The first kappa shape index (κ1) is 25.4. The maximum Gasteiger partial charge on any atom is 0.276 e. The van der Waals surface area contributed by atoms with Crippen LogP contribution in [0.1, 0.15) is 29.3 Å². The normalized spacial score (nSPS) is 16.8. The van der Waals surface area contributed by atoms with Gasteiger partial charge in [0.2, 0.25) is 0 Å². The fourth-order valence-corrected chi connectivity index (χ4v) is 5.56. The molecule has 188 valence electrons. The number of sulfonamides is 1. The van der Waals surface area contributed by atoms with Gasteiger partial charge in [0.05, 0.1) is 11.1 Å². The van der Waals surface area contributed by atoms with Crippen LogP contribution < -0.4 is 4.83 Å². The second-order valence-electron chi connectivity index (χ2n) is 9.97. The van der Waals surface area contributed by atoms with Crippen molar-refractivity contribution in [2.45, 2.75) is 39.1 Å². The largest absolute Gasteiger partial charge is 0.344 e. The summed E-state index contributed by atoms with van der Waals surface area (Å²) in [5.74, 6) is 0.546. The number of piperazine rings is 1. The summed E-state index contributed by atoms with van der Waals surface area (Å²) in [4.78, 5) is 7.48. The molecule has 0 bridgehead atoms. The van der Waals surface area contributed by atoms with Gasteiger partial charge in [-0.05, 0) is 69.1 Å². The van der Waals surface area contributed by atoms with E-state index in [-0.39, 0.29) is 4.90 Å². The minimum absolute atomic E-state index is 0.199. The van der Waals surface area contributed by atoms with Crippen molar-refractivity contribution in [3.05, 3.63) is 64.8 Å². The van der Waals surface area contributed by atoms with Gasteiger partial charge in [-0.25, -0.2) is 4.83 Å². The molecule has 8 heteroatoms. The molecule has 35 heavy (non-hydrogen) atoms. The van der Waals surface area contributed by atoms with Crippen LogP contribution in [0.4, 0.5) is 0 Å². The Kier molecular flexibility index (Phi) is 7.64. The van der Waals surface area contributed by atoms with Gasteiger partial charge in [-0.3, -0.25) is 0 Å².